The van der Waals surface area contributed by atoms with Gasteiger partial charge in [-0.2, -0.15) is 0 Å². The van der Waals surface area contributed by atoms with Gasteiger partial charge < -0.3 is 0 Å². The van der Waals surface area contributed by atoms with Gasteiger partial charge >= 0.3 is 0 Å². The van der Waals surface area contributed by atoms with E-state index in [9.17, 15) is 0 Å². The van der Waals surface area contributed by atoms with E-state index in [1.54, 1.807) is 0 Å². The quantitative estimate of drug-likeness (QED) is 0.150. The van der Waals surface area contributed by atoms with Crippen LogP contribution in [0.25, 0.3) is 89.1 Å². The van der Waals surface area contributed by atoms with Crippen LogP contribution in [0.3, 0.4) is 0 Å². The van der Waals surface area contributed by atoms with Crippen molar-refractivity contribution in [2.45, 2.75) is 12.5 Å². The van der Waals surface area contributed by atoms with Crippen LogP contribution in [0, 0.1) is 17.8 Å². The lowest BCUT2D eigenvalue weighted by Crippen LogP contribution is -2.19. The van der Waals surface area contributed by atoms with Gasteiger partial charge in [-0.15, -0.1) is 0 Å². The number of aliphatic imine (C=N–C) groups is 1. The number of allylic oxidation sites excluding steroid dienone is 5. The zero-order chi connectivity index (χ0) is 42.8. The average molecular weight is 831 g/mol. The highest BCUT2D eigenvalue weighted by molar-refractivity contribution is 6.22. The van der Waals surface area contributed by atoms with Crippen LogP contribution in [0.1, 0.15) is 35.1 Å². The second kappa shape index (κ2) is 15.3. The molecule has 2 aromatic heterocycles. The number of fused-ring (bicyclic) bond motifs is 6. The molecule has 0 N–H and O–H groups in total. The van der Waals surface area contributed by atoms with E-state index in [0.717, 1.165) is 62.9 Å². The van der Waals surface area contributed by atoms with E-state index in [1.165, 1.54) is 54.9 Å². The van der Waals surface area contributed by atoms with Crippen molar-refractivity contribution in [3.05, 3.63) is 235 Å². The predicted octanol–water partition coefficient (Wildman–Crippen LogP) is 14.8. The zero-order valence-electron chi connectivity index (χ0n) is 35.6. The minimum absolute atomic E-state index is 0.107. The largest absolute Gasteiger partial charge is 0.274 e. The van der Waals surface area contributed by atoms with Gasteiger partial charge in [0.2, 0.25) is 0 Å². The minimum atomic E-state index is -0.107. The fraction of sp³-hybridized carbons (Fsp3) is 0.0820. The van der Waals surface area contributed by atoms with Crippen LogP contribution in [0.4, 0.5) is 0 Å². The summed E-state index contributed by atoms with van der Waals surface area (Å²) in [5.41, 5.74) is 16.3. The Morgan fingerprint density at radius 2 is 1.05 bits per heavy atom. The van der Waals surface area contributed by atoms with E-state index in [1.807, 2.05) is 12.3 Å². The normalized spacial score (nSPS) is 19.0. The molecular formula is C61H42N4. The molecule has 0 bridgehead atoms. The van der Waals surface area contributed by atoms with Gasteiger partial charge in [0.15, 0.2) is 5.82 Å². The summed E-state index contributed by atoms with van der Waals surface area (Å²) in [6.45, 7) is 0. The van der Waals surface area contributed by atoms with Crippen molar-refractivity contribution in [3.63, 3.8) is 0 Å². The van der Waals surface area contributed by atoms with Crippen LogP contribution in [-0.2, 0) is 0 Å². The van der Waals surface area contributed by atoms with Crippen LogP contribution in [0.15, 0.2) is 218 Å². The molecule has 0 amide bonds. The molecule has 7 aromatic carbocycles. The molecule has 0 saturated heterocycles. The number of benzene rings is 7. The van der Waals surface area contributed by atoms with Crippen molar-refractivity contribution in [1.82, 2.24) is 15.0 Å². The molecule has 1 fully saturated rings. The van der Waals surface area contributed by atoms with E-state index < -0.39 is 0 Å². The van der Waals surface area contributed by atoms with Crippen LogP contribution in [-0.4, -0.2) is 20.7 Å². The minimum Gasteiger partial charge on any atom is -0.274 e. The summed E-state index contributed by atoms with van der Waals surface area (Å²) >= 11 is 0. The summed E-state index contributed by atoms with van der Waals surface area (Å²) in [5, 5.41) is 4.84. The molecule has 4 nitrogen and oxygen atoms in total. The number of dihydropyridines is 1. The summed E-state index contributed by atoms with van der Waals surface area (Å²) in [4.78, 5) is 21.3. The maximum atomic E-state index is 5.53. The fourth-order valence-corrected chi connectivity index (χ4v) is 10.4. The number of nitrogens with zero attached hydrogens (tertiary/aromatic N) is 4. The van der Waals surface area contributed by atoms with Crippen LogP contribution < -0.4 is 0 Å². The highest BCUT2D eigenvalue weighted by Crippen LogP contribution is 2.51. The number of rotatable bonds is 7. The van der Waals surface area contributed by atoms with Gasteiger partial charge in [0, 0.05) is 34.4 Å². The summed E-state index contributed by atoms with van der Waals surface area (Å²) in [6.07, 6.45) is 18.7. The number of hydrogen-bond acceptors (Lipinski definition) is 4. The first-order valence-corrected chi connectivity index (χ1v) is 22.7. The predicted molar refractivity (Wildman–Crippen MR) is 268 cm³/mol. The Kier molecular flexibility index (Phi) is 8.83. The van der Waals surface area contributed by atoms with Gasteiger partial charge in [-0.3, -0.25) is 9.98 Å². The van der Waals surface area contributed by atoms with Gasteiger partial charge in [-0.1, -0.05) is 176 Å². The molecule has 4 aliphatic rings. The Bertz CT molecular complexity index is 3470. The molecule has 3 heterocycles. The summed E-state index contributed by atoms with van der Waals surface area (Å²) in [7, 11) is 0. The molecule has 1 saturated carbocycles. The van der Waals surface area contributed by atoms with Crippen molar-refractivity contribution in [1.29, 1.82) is 0 Å². The van der Waals surface area contributed by atoms with Crippen molar-refractivity contribution in [2.24, 2.45) is 22.7 Å². The molecule has 1 aliphatic heterocycles. The van der Waals surface area contributed by atoms with E-state index in [4.69, 9.17) is 19.9 Å². The molecule has 65 heavy (non-hydrogen) atoms. The Morgan fingerprint density at radius 3 is 1.77 bits per heavy atom. The van der Waals surface area contributed by atoms with Gasteiger partial charge in [0.25, 0.3) is 0 Å². The fourth-order valence-electron chi connectivity index (χ4n) is 10.4. The molecule has 4 atom stereocenters. The van der Waals surface area contributed by atoms with Crippen molar-refractivity contribution in [2.75, 3.05) is 0 Å². The van der Waals surface area contributed by atoms with E-state index in [2.05, 4.69) is 206 Å². The average Bonchev–Trinajstić information content (AvgIpc) is 4.19. The topological polar surface area (TPSA) is 51.0 Å². The van der Waals surface area contributed by atoms with E-state index in [-0.39, 0.29) is 12.0 Å². The molecule has 3 aliphatic carbocycles. The lowest BCUT2D eigenvalue weighted by atomic mass is 9.83. The van der Waals surface area contributed by atoms with Gasteiger partial charge in [0.05, 0.1) is 22.8 Å². The van der Waals surface area contributed by atoms with Crippen LogP contribution in [0.5, 0.6) is 0 Å². The van der Waals surface area contributed by atoms with Gasteiger partial charge in [-0.25, -0.2) is 9.97 Å². The third kappa shape index (κ3) is 6.60. The van der Waals surface area contributed by atoms with Crippen LogP contribution >= 0.6 is 0 Å². The van der Waals surface area contributed by atoms with Crippen LogP contribution in [0.2, 0.25) is 0 Å². The maximum Gasteiger partial charge on any atom is 0.156 e. The smallest absolute Gasteiger partial charge is 0.156 e. The number of aromatic nitrogens is 3. The summed E-state index contributed by atoms with van der Waals surface area (Å²) in [6, 6.07) is 61.1. The maximum absolute atomic E-state index is 5.53. The Labute approximate surface area is 378 Å². The van der Waals surface area contributed by atoms with E-state index >= 15 is 0 Å². The molecule has 4 unspecified atom stereocenters. The first-order valence-electron chi connectivity index (χ1n) is 22.7. The van der Waals surface area contributed by atoms with Crippen molar-refractivity contribution >= 4 is 38.9 Å². The number of hydrogen-bond donors (Lipinski definition) is 0. The molecule has 306 valence electrons. The monoisotopic (exact) mass is 830 g/mol. The standard InChI is InChI=1S/C61H42N4/c1-3-13-38(14-4-1)39-24-26-40(27-25-39)55-37-56(65-61(64-55)52-23-11-17-44-36-53(44)52)46-33-45(54-31-30-43-29-28-42-18-12-32-62-59(42)60(43)63-54)34-47(35-46)58-50-21-9-7-19-48(50)57(41-15-5-2-6-16-41)49-20-8-10-22-51(49)58/h1-35,37,43-44,53,60H,36H2. The Morgan fingerprint density at radius 1 is 0.462 bits per heavy atom. The third-order valence-electron chi connectivity index (χ3n) is 13.7. The Balaban J connectivity index is 1.05. The van der Waals surface area contributed by atoms with Crippen molar-refractivity contribution < 1.29 is 0 Å². The first kappa shape index (κ1) is 37.5. The molecule has 0 radical (unpaired) electrons. The number of pyridine rings is 1. The first-order chi connectivity index (χ1) is 32.2. The molecule has 0 spiro atoms. The summed E-state index contributed by atoms with van der Waals surface area (Å²) in [5.74, 6) is 1.94. The lowest BCUT2D eigenvalue weighted by molar-refractivity contribution is 0.591. The lowest BCUT2D eigenvalue weighted by Gasteiger charge is -2.27. The second-order valence-electron chi connectivity index (χ2n) is 17.7. The molecule has 9 aromatic rings. The molecular weight excluding hydrogens is 789 g/mol. The summed E-state index contributed by atoms with van der Waals surface area (Å²) < 4.78 is 0. The van der Waals surface area contributed by atoms with Gasteiger partial charge in [-0.05, 0) is 115 Å². The zero-order valence-corrected chi connectivity index (χ0v) is 35.6. The van der Waals surface area contributed by atoms with E-state index in [0.29, 0.717) is 11.8 Å². The highest BCUT2D eigenvalue weighted by Gasteiger charge is 2.41. The molecule has 13 rings (SSSR count). The third-order valence-corrected chi connectivity index (χ3v) is 13.7. The van der Waals surface area contributed by atoms with Gasteiger partial charge in [0.1, 0.15) is 6.04 Å². The molecule has 4 heteroatoms. The SMILES string of the molecule is C1=CC2CC2C(c2nc(-c3ccc(-c4ccccc4)cc3)cc(-c3cc(C4=NC5c6ncccc6C=CC5C=C4)cc(-c4c5ccccc5c(-c5ccccc5)c5ccccc45)c3)n2)=C1. The highest BCUT2D eigenvalue weighted by atomic mass is 14.9. The Hall–Kier alpha value is -8.08. The van der Waals surface area contributed by atoms with Crippen molar-refractivity contribution in [3.8, 4) is 55.9 Å². The second-order valence-corrected chi connectivity index (χ2v) is 17.7.